The van der Waals surface area contributed by atoms with Gasteiger partial charge in [-0.1, -0.05) is 45.0 Å². The van der Waals surface area contributed by atoms with E-state index < -0.39 is 0 Å². The molecule has 0 radical (unpaired) electrons. The lowest BCUT2D eigenvalue weighted by molar-refractivity contribution is -0.128. The Kier molecular flexibility index (Phi) is 8.30. The van der Waals surface area contributed by atoms with E-state index in [1.54, 1.807) is 7.05 Å². The van der Waals surface area contributed by atoms with Crippen molar-refractivity contribution in [3.63, 3.8) is 0 Å². The third kappa shape index (κ3) is 7.15. The quantitative estimate of drug-likeness (QED) is 0.398. The van der Waals surface area contributed by atoms with E-state index in [1.807, 2.05) is 20.8 Å². The predicted octanol–water partition coefficient (Wildman–Crippen LogP) is 2.29. The number of aliphatic imine (C=N–C) groups is 1. The number of hydrogen-bond acceptors (Lipinski definition) is 3. The summed E-state index contributed by atoms with van der Waals surface area (Å²) in [4.78, 5) is 18.7. The second-order valence-electron chi connectivity index (χ2n) is 8.63. The zero-order valence-electron chi connectivity index (χ0n) is 18.1. The smallest absolute Gasteiger partial charge is 0.225 e. The Morgan fingerprint density at radius 1 is 1.14 bits per heavy atom. The van der Waals surface area contributed by atoms with Crippen molar-refractivity contribution in [2.45, 2.75) is 53.1 Å². The van der Waals surface area contributed by atoms with Gasteiger partial charge >= 0.3 is 0 Å². The van der Waals surface area contributed by atoms with E-state index >= 15 is 0 Å². The van der Waals surface area contributed by atoms with Gasteiger partial charge in [-0.15, -0.1) is 0 Å². The number of carbonyl (C=O) groups excluding carboxylic acids is 1. The van der Waals surface area contributed by atoms with Crippen LogP contribution < -0.4 is 16.0 Å². The number of likely N-dealkylation sites (tertiary alicyclic amines) is 1. The SMILES string of the molecule is CN=C(NCCNC(=O)C(C)(C)C)NC1CCN(Cc2ccccc2C)CC1. The van der Waals surface area contributed by atoms with Crippen LogP contribution in [0.4, 0.5) is 0 Å². The number of piperidine rings is 1. The molecule has 28 heavy (non-hydrogen) atoms. The van der Waals surface area contributed by atoms with Crippen LogP contribution in [0.3, 0.4) is 0 Å². The topological polar surface area (TPSA) is 68.8 Å². The molecule has 1 aromatic rings. The van der Waals surface area contributed by atoms with Crippen LogP contribution >= 0.6 is 0 Å². The lowest BCUT2D eigenvalue weighted by Crippen LogP contribution is -2.50. The summed E-state index contributed by atoms with van der Waals surface area (Å²) in [5.41, 5.74) is 2.43. The summed E-state index contributed by atoms with van der Waals surface area (Å²) in [6.07, 6.45) is 2.21. The van der Waals surface area contributed by atoms with Crippen molar-refractivity contribution < 1.29 is 4.79 Å². The van der Waals surface area contributed by atoms with Crippen molar-refractivity contribution in [3.8, 4) is 0 Å². The number of hydrogen-bond donors (Lipinski definition) is 3. The second-order valence-corrected chi connectivity index (χ2v) is 8.63. The summed E-state index contributed by atoms with van der Waals surface area (Å²) in [5, 5.41) is 9.76. The fourth-order valence-electron chi connectivity index (χ4n) is 3.27. The highest BCUT2D eigenvalue weighted by molar-refractivity contribution is 5.82. The molecule has 1 aliphatic heterocycles. The molecule has 0 aromatic heterocycles. The Bertz CT molecular complexity index is 657. The van der Waals surface area contributed by atoms with Gasteiger partial charge in [0.15, 0.2) is 5.96 Å². The number of aryl methyl sites for hydroxylation is 1. The van der Waals surface area contributed by atoms with Crippen LogP contribution in [0.15, 0.2) is 29.3 Å². The maximum absolute atomic E-state index is 11.9. The molecule has 156 valence electrons. The molecule has 0 aliphatic carbocycles. The van der Waals surface area contributed by atoms with Gasteiger partial charge in [0.1, 0.15) is 0 Å². The number of benzene rings is 1. The minimum atomic E-state index is -0.355. The van der Waals surface area contributed by atoms with Gasteiger partial charge in [-0.25, -0.2) is 0 Å². The van der Waals surface area contributed by atoms with E-state index in [4.69, 9.17) is 0 Å². The Morgan fingerprint density at radius 2 is 1.79 bits per heavy atom. The van der Waals surface area contributed by atoms with Crippen LogP contribution in [-0.4, -0.2) is 56.0 Å². The van der Waals surface area contributed by atoms with Crippen molar-refractivity contribution in [1.82, 2.24) is 20.9 Å². The van der Waals surface area contributed by atoms with Crippen LogP contribution in [0.1, 0.15) is 44.7 Å². The molecule has 2 rings (SSSR count). The highest BCUT2D eigenvalue weighted by Gasteiger charge is 2.21. The molecular formula is C22H37N5O. The number of guanidine groups is 1. The zero-order chi connectivity index (χ0) is 20.6. The molecule has 1 amide bonds. The molecule has 6 heteroatoms. The van der Waals surface area contributed by atoms with Crippen LogP contribution in [0.2, 0.25) is 0 Å². The molecule has 1 fully saturated rings. The first-order valence-corrected chi connectivity index (χ1v) is 10.3. The van der Waals surface area contributed by atoms with Crippen LogP contribution in [-0.2, 0) is 11.3 Å². The van der Waals surface area contributed by atoms with Gasteiger partial charge in [0.2, 0.25) is 5.91 Å². The fourth-order valence-corrected chi connectivity index (χ4v) is 3.27. The van der Waals surface area contributed by atoms with Crippen LogP contribution in [0.5, 0.6) is 0 Å². The molecule has 0 bridgehead atoms. The Balaban J connectivity index is 1.68. The normalized spacial score (nSPS) is 16.7. The average molecular weight is 388 g/mol. The third-order valence-corrected chi connectivity index (χ3v) is 5.19. The number of nitrogens with zero attached hydrogens (tertiary/aromatic N) is 2. The summed E-state index contributed by atoms with van der Waals surface area (Å²) < 4.78 is 0. The number of nitrogens with one attached hydrogen (secondary N) is 3. The van der Waals surface area contributed by atoms with E-state index in [0.717, 1.165) is 38.4 Å². The van der Waals surface area contributed by atoms with Crippen molar-refractivity contribution in [1.29, 1.82) is 0 Å². The summed E-state index contributed by atoms with van der Waals surface area (Å²) in [7, 11) is 1.79. The first-order chi connectivity index (χ1) is 13.3. The molecule has 1 heterocycles. The highest BCUT2D eigenvalue weighted by Crippen LogP contribution is 2.16. The maximum atomic E-state index is 11.9. The van der Waals surface area contributed by atoms with E-state index in [9.17, 15) is 4.79 Å². The summed E-state index contributed by atoms with van der Waals surface area (Å²) in [5.74, 6) is 0.876. The molecular weight excluding hydrogens is 350 g/mol. The molecule has 0 spiro atoms. The zero-order valence-corrected chi connectivity index (χ0v) is 18.1. The van der Waals surface area contributed by atoms with Crippen molar-refractivity contribution in [2.24, 2.45) is 10.4 Å². The first-order valence-electron chi connectivity index (χ1n) is 10.3. The summed E-state index contributed by atoms with van der Waals surface area (Å²) >= 11 is 0. The number of rotatable bonds is 6. The van der Waals surface area contributed by atoms with Gasteiger partial charge < -0.3 is 16.0 Å². The number of carbonyl (C=O) groups is 1. The standard InChI is InChI=1S/C22H37N5O/c1-17-8-6-7-9-18(17)16-27-14-10-19(11-15-27)26-21(23-5)25-13-12-24-20(28)22(2,3)4/h6-9,19H,10-16H2,1-5H3,(H,24,28)(H2,23,25,26). The van der Waals surface area contributed by atoms with E-state index in [-0.39, 0.29) is 11.3 Å². The van der Waals surface area contributed by atoms with E-state index in [0.29, 0.717) is 19.1 Å². The van der Waals surface area contributed by atoms with Gasteiger partial charge in [-0.3, -0.25) is 14.7 Å². The third-order valence-electron chi connectivity index (χ3n) is 5.19. The summed E-state index contributed by atoms with van der Waals surface area (Å²) in [6.45, 7) is 12.4. The van der Waals surface area contributed by atoms with Gasteiger partial charge in [0.25, 0.3) is 0 Å². The Hall–Kier alpha value is -2.08. The molecule has 0 unspecified atom stereocenters. The van der Waals surface area contributed by atoms with Crippen molar-refractivity contribution >= 4 is 11.9 Å². The van der Waals surface area contributed by atoms with Crippen molar-refractivity contribution in [2.75, 3.05) is 33.2 Å². The van der Waals surface area contributed by atoms with Crippen LogP contribution in [0, 0.1) is 12.3 Å². The fraction of sp³-hybridized carbons (Fsp3) is 0.636. The van der Waals surface area contributed by atoms with Crippen molar-refractivity contribution in [3.05, 3.63) is 35.4 Å². The molecule has 1 aliphatic rings. The maximum Gasteiger partial charge on any atom is 0.225 e. The minimum absolute atomic E-state index is 0.0678. The second kappa shape index (κ2) is 10.5. The predicted molar refractivity (Wildman–Crippen MR) is 116 cm³/mol. The van der Waals surface area contributed by atoms with Gasteiger partial charge in [0, 0.05) is 51.2 Å². The molecule has 1 saturated heterocycles. The molecule has 0 saturated carbocycles. The largest absolute Gasteiger partial charge is 0.355 e. The van der Waals surface area contributed by atoms with Gasteiger partial charge in [-0.2, -0.15) is 0 Å². The lowest BCUT2D eigenvalue weighted by Gasteiger charge is -2.33. The summed E-state index contributed by atoms with van der Waals surface area (Å²) in [6, 6.07) is 9.06. The molecule has 6 nitrogen and oxygen atoms in total. The Labute approximate surface area is 170 Å². The van der Waals surface area contributed by atoms with Gasteiger partial charge in [-0.05, 0) is 30.9 Å². The Morgan fingerprint density at radius 3 is 2.39 bits per heavy atom. The lowest BCUT2D eigenvalue weighted by atomic mass is 9.96. The minimum Gasteiger partial charge on any atom is -0.355 e. The first kappa shape index (κ1) is 22.2. The van der Waals surface area contributed by atoms with Crippen LogP contribution in [0.25, 0.3) is 0 Å². The number of amides is 1. The van der Waals surface area contributed by atoms with E-state index in [1.165, 1.54) is 11.1 Å². The van der Waals surface area contributed by atoms with E-state index in [2.05, 4.69) is 57.0 Å². The highest BCUT2D eigenvalue weighted by atomic mass is 16.2. The molecule has 3 N–H and O–H groups in total. The monoisotopic (exact) mass is 387 g/mol. The van der Waals surface area contributed by atoms with Gasteiger partial charge in [0.05, 0.1) is 0 Å². The average Bonchev–Trinajstić information content (AvgIpc) is 2.66. The molecule has 1 aromatic carbocycles. The molecule has 0 atom stereocenters.